The number of hydrogen-bond donors (Lipinski definition) is 1. The van der Waals surface area contributed by atoms with Crippen molar-refractivity contribution in [2.75, 3.05) is 6.54 Å². The lowest BCUT2D eigenvalue weighted by Gasteiger charge is -2.05. The lowest BCUT2D eigenvalue weighted by atomic mass is 10.0. The Hall–Kier alpha value is -3.16. The van der Waals surface area contributed by atoms with Gasteiger partial charge in [-0.1, -0.05) is 135 Å². The minimum absolute atomic E-state index is 0.929. The Balaban J connectivity index is 2.20. The van der Waals surface area contributed by atoms with Crippen molar-refractivity contribution in [2.24, 2.45) is 0 Å². The van der Waals surface area contributed by atoms with E-state index in [-0.39, 0.29) is 0 Å². The second kappa shape index (κ2) is 31.2. The van der Waals surface area contributed by atoms with Crippen LogP contribution in [-0.2, 0) is 6.54 Å². The van der Waals surface area contributed by atoms with Gasteiger partial charge in [-0.25, -0.2) is 0 Å². The minimum atomic E-state index is 0.929. The van der Waals surface area contributed by atoms with Gasteiger partial charge in [-0.2, -0.15) is 0 Å². The molecule has 0 aliphatic heterocycles. The Kier molecular flexibility index (Phi) is 28.2. The predicted octanol–water partition coefficient (Wildman–Crippen LogP) is 16.6. The van der Waals surface area contributed by atoms with Crippen molar-refractivity contribution in [3.8, 4) is 0 Å². The smallest absolute Gasteiger partial charge is 0.0208 e. The average molecular weight is 720 g/mol. The van der Waals surface area contributed by atoms with Crippen LogP contribution in [0.25, 0.3) is 0 Å². The minimum Gasteiger partial charge on any atom is -0.309 e. The molecule has 1 aromatic rings. The fourth-order valence-electron chi connectivity index (χ4n) is 6.29. The molecular formula is C52H81N. The summed E-state index contributed by atoms with van der Waals surface area (Å²) in [5.74, 6) is 0. The molecule has 53 heavy (non-hydrogen) atoms. The molecule has 0 radical (unpaired) electrons. The van der Waals surface area contributed by atoms with Crippen LogP contribution in [0.15, 0.2) is 135 Å². The van der Waals surface area contributed by atoms with E-state index in [2.05, 4.69) is 160 Å². The molecule has 0 saturated heterocycles. The lowest BCUT2D eigenvalue weighted by Crippen LogP contribution is -2.13. The standard InChI is InChI=1S/C52H81N/c1-43(2)22-14-23-44(3)24-15-25-45(4)26-16-27-46(5)28-17-29-47(6)30-18-31-48(7)32-19-33-49(8)34-20-35-50(9)36-21-37-51(10)40-41-53-42-52-38-12-11-13-39-52/h11-13,22,24,26,28,30,32,34,36,38-40,53H,14-21,23,25,27,29,31,33,35,37,41-42H2,1-10H3/b44-24+,45-26+,46-28+,47-30+,48-32+,49-34+,50-36+,51-40+. The number of rotatable bonds is 28. The molecule has 0 aliphatic rings. The molecule has 0 fully saturated rings. The fourth-order valence-corrected chi connectivity index (χ4v) is 6.29. The third-order valence-electron chi connectivity index (χ3n) is 10.1. The molecule has 1 rings (SSSR count). The first-order valence-corrected chi connectivity index (χ1v) is 21.1. The molecule has 0 saturated carbocycles. The Morgan fingerprint density at radius 1 is 0.358 bits per heavy atom. The summed E-state index contributed by atoms with van der Waals surface area (Å²) in [6.07, 6.45) is 40.5. The molecule has 1 heteroatoms. The van der Waals surface area contributed by atoms with Crippen LogP contribution < -0.4 is 5.32 Å². The van der Waals surface area contributed by atoms with Gasteiger partial charge in [0.25, 0.3) is 0 Å². The molecule has 0 aliphatic carbocycles. The van der Waals surface area contributed by atoms with E-state index in [1.165, 1.54) is 114 Å². The van der Waals surface area contributed by atoms with Gasteiger partial charge in [0.15, 0.2) is 0 Å². The average Bonchev–Trinajstić information content (AvgIpc) is 3.10. The van der Waals surface area contributed by atoms with E-state index in [1.54, 1.807) is 0 Å². The van der Waals surface area contributed by atoms with Crippen LogP contribution in [0.4, 0.5) is 0 Å². The zero-order valence-electron chi connectivity index (χ0n) is 36.3. The van der Waals surface area contributed by atoms with E-state index in [0.717, 1.165) is 58.0 Å². The maximum absolute atomic E-state index is 3.52. The van der Waals surface area contributed by atoms with Crippen LogP contribution in [0.2, 0.25) is 0 Å². The van der Waals surface area contributed by atoms with Crippen molar-refractivity contribution in [1.82, 2.24) is 5.32 Å². The Morgan fingerprint density at radius 3 is 0.906 bits per heavy atom. The lowest BCUT2D eigenvalue weighted by molar-refractivity contribution is 0.753. The second-order valence-electron chi connectivity index (χ2n) is 16.1. The van der Waals surface area contributed by atoms with E-state index in [9.17, 15) is 0 Å². The summed E-state index contributed by atoms with van der Waals surface area (Å²) in [4.78, 5) is 0. The van der Waals surface area contributed by atoms with Gasteiger partial charge in [0.05, 0.1) is 0 Å². The third-order valence-corrected chi connectivity index (χ3v) is 10.1. The van der Waals surface area contributed by atoms with Gasteiger partial charge in [-0.05, 0) is 178 Å². The highest BCUT2D eigenvalue weighted by atomic mass is 14.8. The third kappa shape index (κ3) is 29.9. The van der Waals surface area contributed by atoms with Gasteiger partial charge in [-0.15, -0.1) is 0 Å². The van der Waals surface area contributed by atoms with Crippen LogP contribution in [0, 0.1) is 0 Å². The summed E-state index contributed by atoms with van der Waals surface area (Å²) >= 11 is 0. The molecule has 0 atom stereocenters. The molecule has 294 valence electrons. The van der Waals surface area contributed by atoms with Crippen molar-refractivity contribution in [3.63, 3.8) is 0 Å². The number of nitrogens with one attached hydrogen (secondary N) is 1. The van der Waals surface area contributed by atoms with E-state index >= 15 is 0 Å². The van der Waals surface area contributed by atoms with Gasteiger partial charge in [0, 0.05) is 13.1 Å². The van der Waals surface area contributed by atoms with Crippen LogP contribution in [0.5, 0.6) is 0 Å². The molecule has 0 amide bonds. The summed E-state index contributed by atoms with van der Waals surface area (Å²) in [6, 6.07) is 10.6. The monoisotopic (exact) mass is 720 g/mol. The van der Waals surface area contributed by atoms with Crippen LogP contribution in [-0.4, -0.2) is 6.54 Å². The van der Waals surface area contributed by atoms with Crippen molar-refractivity contribution in [2.45, 2.75) is 179 Å². The number of benzene rings is 1. The first kappa shape index (κ1) is 47.9. The molecule has 0 bridgehead atoms. The SMILES string of the molecule is CC(C)=CCC/C(C)=C/CC/C(C)=C/CC/C(C)=C/CC/C(C)=C/CC/C(C)=C/CC/C(C)=C/CC/C(C)=C/CC/C(C)=C/CNCc1ccccc1. The Labute approximate surface area is 330 Å². The summed E-state index contributed by atoms with van der Waals surface area (Å²) in [7, 11) is 0. The molecule has 0 spiro atoms. The summed E-state index contributed by atoms with van der Waals surface area (Å²) in [5, 5.41) is 3.52. The van der Waals surface area contributed by atoms with Crippen LogP contribution in [0.1, 0.15) is 178 Å². The summed E-state index contributed by atoms with van der Waals surface area (Å²) in [6.45, 7) is 24.6. The molecule has 0 aromatic heterocycles. The second-order valence-corrected chi connectivity index (χ2v) is 16.1. The van der Waals surface area contributed by atoms with Gasteiger partial charge in [0.1, 0.15) is 0 Å². The first-order chi connectivity index (χ1) is 25.4. The van der Waals surface area contributed by atoms with E-state index in [1.807, 2.05) is 0 Å². The quantitative estimate of drug-likeness (QED) is 0.0671. The maximum Gasteiger partial charge on any atom is 0.0208 e. The highest BCUT2D eigenvalue weighted by Gasteiger charge is 1.98. The highest BCUT2D eigenvalue weighted by Crippen LogP contribution is 2.17. The maximum atomic E-state index is 3.52. The largest absolute Gasteiger partial charge is 0.309 e. The zero-order chi connectivity index (χ0) is 39.1. The molecule has 1 nitrogen and oxygen atoms in total. The summed E-state index contributed by atoms with van der Waals surface area (Å²) < 4.78 is 0. The van der Waals surface area contributed by atoms with Gasteiger partial charge in [-0.3, -0.25) is 0 Å². The molecule has 1 N–H and O–H groups in total. The van der Waals surface area contributed by atoms with E-state index < -0.39 is 0 Å². The van der Waals surface area contributed by atoms with Gasteiger partial charge in [0.2, 0.25) is 0 Å². The van der Waals surface area contributed by atoms with Gasteiger partial charge < -0.3 is 5.32 Å². The predicted molar refractivity (Wildman–Crippen MR) is 242 cm³/mol. The van der Waals surface area contributed by atoms with Crippen LogP contribution >= 0.6 is 0 Å². The number of hydrogen-bond acceptors (Lipinski definition) is 1. The van der Waals surface area contributed by atoms with Crippen molar-refractivity contribution >= 4 is 0 Å². The highest BCUT2D eigenvalue weighted by molar-refractivity contribution is 5.15. The van der Waals surface area contributed by atoms with Crippen molar-refractivity contribution in [3.05, 3.63) is 141 Å². The van der Waals surface area contributed by atoms with Crippen molar-refractivity contribution < 1.29 is 0 Å². The van der Waals surface area contributed by atoms with Crippen molar-refractivity contribution in [1.29, 1.82) is 0 Å². The first-order valence-electron chi connectivity index (χ1n) is 21.1. The topological polar surface area (TPSA) is 12.0 Å². The number of allylic oxidation sites excluding steroid dienone is 17. The van der Waals surface area contributed by atoms with E-state index in [4.69, 9.17) is 0 Å². The Bertz CT molecular complexity index is 1410. The normalized spacial score (nSPS) is 14.3. The van der Waals surface area contributed by atoms with Gasteiger partial charge >= 0.3 is 0 Å². The van der Waals surface area contributed by atoms with Crippen LogP contribution in [0.3, 0.4) is 0 Å². The Morgan fingerprint density at radius 2 is 0.623 bits per heavy atom. The summed E-state index contributed by atoms with van der Waals surface area (Å²) in [5.41, 5.74) is 14.9. The fraction of sp³-hybridized carbons (Fsp3) is 0.538. The zero-order valence-corrected chi connectivity index (χ0v) is 36.3. The van der Waals surface area contributed by atoms with E-state index in [0.29, 0.717) is 0 Å². The molecule has 0 heterocycles. The molecular weight excluding hydrogens is 639 g/mol. The molecule has 0 unspecified atom stereocenters. The molecule has 1 aromatic carbocycles.